The second-order valence-electron chi connectivity index (χ2n) is 5.50. The van der Waals surface area contributed by atoms with Crippen molar-refractivity contribution in [3.63, 3.8) is 0 Å². The highest BCUT2D eigenvalue weighted by Gasteiger charge is 2.33. The predicted molar refractivity (Wildman–Crippen MR) is 78.2 cm³/mol. The van der Waals surface area contributed by atoms with Crippen LogP contribution < -0.4 is 5.32 Å². The lowest BCUT2D eigenvalue weighted by molar-refractivity contribution is 0.0693. The van der Waals surface area contributed by atoms with E-state index in [4.69, 9.17) is 0 Å². The van der Waals surface area contributed by atoms with E-state index >= 15 is 0 Å². The first-order chi connectivity index (χ1) is 9.87. The van der Waals surface area contributed by atoms with E-state index in [0.29, 0.717) is 24.0 Å². The lowest BCUT2D eigenvalue weighted by atomic mass is 10.1. The Morgan fingerprint density at radius 3 is 2.38 bits per heavy atom. The van der Waals surface area contributed by atoms with Gasteiger partial charge in [-0.3, -0.25) is 14.5 Å². The highest BCUT2D eigenvalue weighted by molar-refractivity contribution is 7.91. The van der Waals surface area contributed by atoms with Crippen molar-refractivity contribution in [3.05, 3.63) is 29.3 Å². The lowest BCUT2D eigenvalue weighted by Crippen LogP contribution is -2.32. The molecule has 1 aromatic carbocycles. The number of nitrogens with zero attached hydrogens (tertiary/aromatic N) is 1. The fraction of sp³-hybridized carbons (Fsp3) is 0.429. The Balaban J connectivity index is 1.77. The average molecular weight is 308 g/mol. The largest absolute Gasteiger partial charge is 0.382 e. The van der Waals surface area contributed by atoms with Gasteiger partial charge in [0, 0.05) is 18.8 Å². The third-order valence-electron chi connectivity index (χ3n) is 4.02. The second-order valence-corrected chi connectivity index (χ2v) is 7.80. The van der Waals surface area contributed by atoms with Gasteiger partial charge < -0.3 is 5.32 Å². The normalized spacial score (nSPS) is 21.5. The molecule has 2 aliphatic heterocycles. The van der Waals surface area contributed by atoms with Crippen molar-refractivity contribution in [1.29, 1.82) is 0 Å². The Labute approximate surface area is 123 Å². The summed E-state index contributed by atoms with van der Waals surface area (Å²) in [4.78, 5) is 24.8. The summed E-state index contributed by atoms with van der Waals surface area (Å²) in [6, 6.07) is 5.15. The first-order valence-corrected chi connectivity index (χ1v) is 8.63. The van der Waals surface area contributed by atoms with Crippen LogP contribution in [0.2, 0.25) is 0 Å². The number of sulfone groups is 1. The quantitative estimate of drug-likeness (QED) is 0.821. The minimum atomic E-state index is -2.89. The number of hydrogen-bond acceptors (Lipinski definition) is 5. The number of imide groups is 1. The van der Waals surface area contributed by atoms with Gasteiger partial charge in [-0.05, 0) is 31.0 Å². The van der Waals surface area contributed by atoms with E-state index in [2.05, 4.69) is 5.32 Å². The maximum atomic E-state index is 11.9. The van der Waals surface area contributed by atoms with Crippen LogP contribution in [0.3, 0.4) is 0 Å². The second kappa shape index (κ2) is 4.84. The number of carbonyl (C=O) groups excluding carboxylic acids is 2. The fourth-order valence-electron chi connectivity index (χ4n) is 2.72. The zero-order valence-electron chi connectivity index (χ0n) is 11.6. The van der Waals surface area contributed by atoms with Crippen LogP contribution in [0.5, 0.6) is 0 Å². The van der Waals surface area contributed by atoms with Gasteiger partial charge >= 0.3 is 0 Å². The molecule has 1 saturated heterocycles. The summed E-state index contributed by atoms with van der Waals surface area (Å²) in [5, 5.41) is 3.25. The molecule has 0 spiro atoms. The summed E-state index contributed by atoms with van der Waals surface area (Å²) in [5.74, 6) is -0.207. The zero-order valence-corrected chi connectivity index (χ0v) is 12.4. The molecule has 0 aromatic heterocycles. The molecule has 1 N–H and O–H groups in total. The molecule has 0 atom stereocenters. The Kier molecular flexibility index (Phi) is 3.24. The van der Waals surface area contributed by atoms with E-state index in [1.807, 2.05) is 0 Å². The number of carbonyl (C=O) groups is 2. The molecule has 1 fully saturated rings. The minimum Gasteiger partial charge on any atom is -0.382 e. The SMILES string of the molecule is CN1C(=O)c2ccc(NC3CCS(=O)(=O)CC3)cc2C1=O. The van der Waals surface area contributed by atoms with Gasteiger partial charge in [-0.25, -0.2) is 8.42 Å². The number of hydrogen-bond donors (Lipinski definition) is 1. The van der Waals surface area contributed by atoms with Crippen LogP contribution in [0.4, 0.5) is 5.69 Å². The third-order valence-corrected chi connectivity index (χ3v) is 5.73. The average Bonchev–Trinajstić information content (AvgIpc) is 2.66. The van der Waals surface area contributed by atoms with Crippen molar-refractivity contribution in [2.24, 2.45) is 0 Å². The molecule has 0 unspecified atom stereocenters. The van der Waals surface area contributed by atoms with Crippen molar-refractivity contribution >= 4 is 27.3 Å². The molecule has 21 heavy (non-hydrogen) atoms. The number of rotatable bonds is 2. The van der Waals surface area contributed by atoms with Crippen LogP contribution in [0.15, 0.2) is 18.2 Å². The Morgan fingerprint density at radius 2 is 1.71 bits per heavy atom. The number of anilines is 1. The minimum absolute atomic E-state index is 0.0801. The third kappa shape index (κ3) is 2.53. The van der Waals surface area contributed by atoms with E-state index in [0.717, 1.165) is 10.6 Å². The molecule has 0 saturated carbocycles. The van der Waals surface area contributed by atoms with Gasteiger partial charge in [-0.15, -0.1) is 0 Å². The maximum absolute atomic E-state index is 11.9. The topological polar surface area (TPSA) is 83.6 Å². The molecule has 3 rings (SSSR count). The summed E-state index contributed by atoms with van der Waals surface area (Å²) < 4.78 is 22.8. The molecule has 0 aliphatic carbocycles. The van der Waals surface area contributed by atoms with Crippen molar-refractivity contribution in [2.45, 2.75) is 18.9 Å². The van der Waals surface area contributed by atoms with Gasteiger partial charge in [-0.1, -0.05) is 0 Å². The maximum Gasteiger partial charge on any atom is 0.261 e. The van der Waals surface area contributed by atoms with Crippen molar-refractivity contribution in [3.8, 4) is 0 Å². The van der Waals surface area contributed by atoms with E-state index in [-0.39, 0.29) is 29.4 Å². The molecule has 0 bridgehead atoms. The number of fused-ring (bicyclic) bond motifs is 1. The first-order valence-electron chi connectivity index (χ1n) is 6.81. The van der Waals surface area contributed by atoms with Gasteiger partial charge in [0.1, 0.15) is 9.84 Å². The summed E-state index contributed by atoms with van der Waals surface area (Å²) in [6.07, 6.45) is 1.12. The molecule has 112 valence electrons. The highest BCUT2D eigenvalue weighted by Crippen LogP contribution is 2.26. The van der Waals surface area contributed by atoms with E-state index in [1.54, 1.807) is 18.2 Å². The summed E-state index contributed by atoms with van der Waals surface area (Å²) in [6.45, 7) is 0. The Bertz CT molecular complexity index is 712. The smallest absolute Gasteiger partial charge is 0.261 e. The first kappa shape index (κ1) is 14.1. The number of benzene rings is 1. The molecular formula is C14H16N2O4S. The van der Waals surface area contributed by atoms with Gasteiger partial charge in [0.25, 0.3) is 11.8 Å². The molecule has 0 radical (unpaired) electrons. The fourth-order valence-corrected chi connectivity index (χ4v) is 4.21. The van der Waals surface area contributed by atoms with Crippen molar-refractivity contribution in [1.82, 2.24) is 4.90 Å². The van der Waals surface area contributed by atoms with Gasteiger partial charge in [0.2, 0.25) is 0 Å². The number of nitrogens with one attached hydrogen (secondary N) is 1. The van der Waals surface area contributed by atoms with E-state index in [9.17, 15) is 18.0 Å². The Morgan fingerprint density at radius 1 is 1.10 bits per heavy atom. The van der Waals surface area contributed by atoms with E-state index in [1.165, 1.54) is 7.05 Å². The van der Waals surface area contributed by atoms with Crippen LogP contribution >= 0.6 is 0 Å². The lowest BCUT2D eigenvalue weighted by Gasteiger charge is -2.24. The number of amides is 2. The monoisotopic (exact) mass is 308 g/mol. The highest BCUT2D eigenvalue weighted by atomic mass is 32.2. The summed E-state index contributed by atoms with van der Waals surface area (Å²) in [7, 11) is -1.42. The molecule has 2 heterocycles. The van der Waals surface area contributed by atoms with Gasteiger partial charge in [0.15, 0.2) is 0 Å². The van der Waals surface area contributed by atoms with Crippen LogP contribution in [0.1, 0.15) is 33.6 Å². The van der Waals surface area contributed by atoms with E-state index < -0.39 is 9.84 Å². The molecule has 1 aromatic rings. The predicted octanol–water partition coefficient (Wildman–Crippen LogP) is 0.901. The zero-order chi connectivity index (χ0) is 15.2. The summed E-state index contributed by atoms with van der Waals surface area (Å²) in [5.41, 5.74) is 1.56. The van der Waals surface area contributed by atoms with Gasteiger partial charge in [0.05, 0.1) is 22.6 Å². The summed E-state index contributed by atoms with van der Waals surface area (Å²) >= 11 is 0. The van der Waals surface area contributed by atoms with Crippen LogP contribution in [0, 0.1) is 0 Å². The Hall–Kier alpha value is -1.89. The molecule has 2 aliphatic rings. The van der Waals surface area contributed by atoms with Crippen LogP contribution in [-0.4, -0.2) is 49.7 Å². The molecular weight excluding hydrogens is 292 g/mol. The van der Waals surface area contributed by atoms with Crippen molar-refractivity contribution < 1.29 is 18.0 Å². The molecule has 2 amide bonds. The van der Waals surface area contributed by atoms with Crippen molar-refractivity contribution in [2.75, 3.05) is 23.9 Å². The molecule has 6 nitrogen and oxygen atoms in total. The standard InChI is InChI=1S/C14H16N2O4S/c1-16-13(17)11-3-2-10(8-12(11)14(16)18)15-9-4-6-21(19,20)7-5-9/h2-3,8-9,15H,4-7H2,1H3. The molecule has 7 heteroatoms. The van der Waals surface area contributed by atoms with Gasteiger partial charge in [-0.2, -0.15) is 0 Å². The van der Waals surface area contributed by atoms with Crippen LogP contribution in [0.25, 0.3) is 0 Å². The van der Waals surface area contributed by atoms with Crippen LogP contribution in [-0.2, 0) is 9.84 Å².